The summed E-state index contributed by atoms with van der Waals surface area (Å²) in [6, 6.07) is 3.92. The molecule has 12 heavy (non-hydrogen) atoms. The van der Waals surface area contributed by atoms with Gasteiger partial charge in [0.2, 0.25) is 5.91 Å². The molecule has 2 rings (SSSR count). The van der Waals surface area contributed by atoms with Crippen LogP contribution in [0.3, 0.4) is 0 Å². The molecule has 0 N–H and O–H groups in total. The molecule has 1 aliphatic heterocycles. The van der Waals surface area contributed by atoms with Crippen molar-refractivity contribution in [3.63, 3.8) is 0 Å². The molecule has 0 spiro atoms. The number of carbonyl (C=O) groups excluding carboxylic acids is 1. The van der Waals surface area contributed by atoms with Gasteiger partial charge >= 0.3 is 0 Å². The van der Waals surface area contributed by atoms with Gasteiger partial charge in [0.05, 0.1) is 12.2 Å². The lowest BCUT2D eigenvalue weighted by atomic mass is 10.2. The van der Waals surface area contributed by atoms with Crippen molar-refractivity contribution in [2.24, 2.45) is 0 Å². The predicted molar refractivity (Wildman–Crippen MR) is 44.2 cm³/mol. The van der Waals surface area contributed by atoms with E-state index in [1.807, 2.05) is 12.1 Å². The maximum atomic E-state index is 11.0. The van der Waals surface area contributed by atoms with E-state index in [9.17, 15) is 4.79 Å². The molecule has 2 heterocycles. The zero-order valence-corrected chi connectivity index (χ0v) is 6.95. The minimum absolute atomic E-state index is 0.119. The van der Waals surface area contributed by atoms with Crippen LogP contribution in [0.4, 0.5) is 0 Å². The third kappa shape index (κ3) is 1.07. The summed E-state index contributed by atoms with van der Waals surface area (Å²) in [4.78, 5) is 17.0. The SMILES string of the molecule is CC(=O)N1Cc2cccnc2C1. The first-order chi connectivity index (χ1) is 5.77. The number of hydrogen-bond donors (Lipinski definition) is 0. The highest BCUT2D eigenvalue weighted by Gasteiger charge is 2.20. The first-order valence-electron chi connectivity index (χ1n) is 3.95. The smallest absolute Gasteiger partial charge is 0.220 e. The summed E-state index contributed by atoms with van der Waals surface area (Å²) in [5.74, 6) is 0.119. The van der Waals surface area contributed by atoms with Gasteiger partial charge in [-0.3, -0.25) is 9.78 Å². The van der Waals surface area contributed by atoms with E-state index in [0.717, 1.165) is 12.2 Å². The quantitative estimate of drug-likeness (QED) is 0.569. The molecule has 0 saturated carbocycles. The van der Waals surface area contributed by atoms with E-state index in [-0.39, 0.29) is 5.91 Å². The largest absolute Gasteiger partial charge is 0.333 e. The number of aromatic nitrogens is 1. The Hall–Kier alpha value is -1.38. The fraction of sp³-hybridized carbons (Fsp3) is 0.333. The van der Waals surface area contributed by atoms with E-state index in [2.05, 4.69) is 4.98 Å². The zero-order chi connectivity index (χ0) is 8.55. The van der Waals surface area contributed by atoms with Crippen LogP contribution in [0, 0.1) is 0 Å². The van der Waals surface area contributed by atoms with E-state index < -0.39 is 0 Å². The van der Waals surface area contributed by atoms with E-state index in [4.69, 9.17) is 0 Å². The maximum Gasteiger partial charge on any atom is 0.220 e. The summed E-state index contributed by atoms with van der Waals surface area (Å²) >= 11 is 0. The number of nitrogens with zero attached hydrogens (tertiary/aromatic N) is 2. The van der Waals surface area contributed by atoms with Crippen molar-refractivity contribution in [3.8, 4) is 0 Å². The summed E-state index contributed by atoms with van der Waals surface area (Å²) < 4.78 is 0. The molecule has 0 radical (unpaired) electrons. The van der Waals surface area contributed by atoms with Crippen molar-refractivity contribution in [3.05, 3.63) is 29.6 Å². The van der Waals surface area contributed by atoms with Crippen LogP contribution in [0.1, 0.15) is 18.2 Å². The van der Waals surface area contributed by atoms with Gasteiger partial charge in [0.25, 0.3) is 0 Å². The molecule has 0 bridgehead atoms. The Labute approximate surface area is 71.0 Å². The van der Waals surface area contributed by atoms with Gasteiger partial charge in [-0.05, 0) is 11.6 Å². The van der Waals surface area contributed by atoms with Gasteiger partial charge in [-0.2, -0.15) is 0 Å². The molecule has 1 amide bonds. The van der Waals surface area contributed by atoms with Crippen molar-refractivity contribution in [2.75, 3.05) is 0 Å². The first-order valence-corrected chi connectivity index (χ1v) is 3.95. The van der Waals surface area contributed by atoms with Crippen LogP contribution >= 0.6 is 0 Å². The fourth-order valence-electron chi connectivity index (χ4n) is 1.42. The molecule has 62 valence electrons. The third-order valence-electron chi connectivity index (χ3n) is 2.13. The van der Waals surface area contributed by atoms with Crippen molar-refractivity contribution < 1.29 is 4.79 Å². The van der Waals surface area contributed by atoms with E-state index in [1.54, 1.807) is 18.0 Å². The monoisotopic (exact) mass is 162 g/mol. The normalized spacial score (nSPS) is 14.6. The summed E-state index contributed by atoms with van der Waals surface area (Å²) in [6.07, 6.45) is 1.77. The Kier molecular flexibility index (Phi) is 1.57. The molecular weight excluding hydrogens is 152 g/mol. The van der Waals surface area contributed by atoms with Gasteiger partial charge in [0.1, 0.15) is 0 Å². The Morgan fingerprint density at radius 3 is 3.08 bits per heavy atom. The van der Waals surface area contributed by atoms with Crippen molar-refractivity contribution in [1.82, 2.24) is 9.88 Å². The van der Waals surface area contributed by atoms with Gasteiger partial charge in [0.15, 0.2) is 0 Å². The molecular formula is C9H10N2O. The summed E-state index contributed by atoms with van der Waals surface area (Å²) in [6.45, 7) is 2.98. The number of amides is 1. The van der Waals surface area contributed by atoms with Gasteiger partial charge in [-0.15, -0.1) is 0 Å². The second kappa shape index (κ2) is 2.59. The molecule has 0 atom stereocenters. The lowest BCUT2D eigenvalue weighted by Gasteiger charge is -2.10. The Morgan fingerprint density at radius 2 is 2.42 bits per heavy atom. The molecule has 0 aliphatic carbocycles. The molecule has 1 aromatic rings. The Bertz CT molecular complexity index is 297. The standard InChI is InChI=1S/C9H10N2O/c1-7(12)11-5-8-3-2-4-10-9(8)6-11/h2-4H,5-6H2,1H3. The number of rotatable bonds is 0. The number of carbonyl (C=O) groups is 1. The fourth-order valence-corrected chi connectivity index (χ4v) is 1.42. The lowest BCUT2D eigenvalue weighted by Crippen LogP contribution is -2.21. The van der Waals surface area contributed by atoms with Crippen LogP contribution < -0.4 is 0 Å². The Balaban J connectivity index is 2.27. The molecule has 1 aromatic heterocycles. The summed E-state index contributed by atoms with van der Waals surface area (Å²) in [7, 11) is 0. The molecule has 0 unspecified atom stereocenters. The second-order valence-corrected chi connectivity index (χ2v) is 2.98. The topological polar surface area (TPSA) is 33.2 Å². The molecule has 0 aromatic carbocycles. The summed E-state index contributed by atoms with van der Waals surface area (Å²) in [5, 5.41) is 0. The third-order valence-corrected chi connectivity index (χ3v) is 2.13. The average Bonchev–Trinajstić information content (AvgIpc) is 2.46. The van der Waals surface area contributed by atoms with E-state index >= 15 is 0 Å². The van der Waals surface area contributed by atoms with Crippen LogP contribution in [0.2, 0.25) is 0 Å². The molecule has 1 aliphatic rings. The highest BCUT2D eigenvalue weighted by molar-refractivity contribution is 5.73. The second-order valence-electron chi connectivity index (χ2n) is 2.98. The minimum atomic E-state index is 0.119. The molecule has 3 heteroatoms. The highest BCUT2D eigenvalue weighted by Crippen LogP contribution is 2.19. The van der Waals surface area contributed by atoms with Crippen molar-refractivity contribution in [1.29, 1.82) is 0 Å². The minimum Gasteiger partial charge on any atom is -0.333 e. The van der Waals surface area contributed by atoms with Crippen LogP contribution in [0.5, 0.6) is 0 Å². The van der Waals surface area contributed by atoms with E-state index in [0.29, 0.717) is 6.54 Å². The molecule has 0 fully saturated rings. The van der Waals surface area contributed by atoms with Crippen molar-refractivity contribution >= 4 is 5.91 Å². The van der Waals surface area contributed by atoms with Crippen LogP contribution in [-0.2, 0) is 17.9 Å². The highest BCUT2D eigenvalue weighted by atomic mass is 16.2. The molecule has 0 saturated heterocycles. The van der Waals surface area contributed by atoms with Crippen molar-refractivity contribution in [2.45, 2.75) is 20.0 Å². The van der Waals surface area contributed by atoms with Gasteiger partial charge in [-0.1, -0.05) is 6.07 Å². The van der Waals surface area contributed by atoms with Gasteiger partial charge in [-0.25, -0.2) is 0 Å². The van der Waals surface area contributed by atoms with Crippen LogP contribution in [0.15, 0.2) is 18.3 Å². The predicted octanol–water partition coefficient (Wildman–Crippen LogP) is 0.944. The van der Waals surface area contributed by atoms with Gasteiger partial charge < -0.3 is 4.90 Å². The number of fused-ring (bicyclic) bond motifs is 1. The van der Waals surface area contributed by atoms with Crippen LogP contribution in [-0.4, -0.2) is 15.8 Å². The summed E-state index contributed by atoms with van der Waals surface area (Å²) in [5.41, 5.74) is 2.21. The molecule has 3 nitrogen and oxygen atoms in total. The van der Waals surface area contributed by atoms with Crippen LogP contribution in [0.25, 0.3) is 0 Å². The maximum absolute atomic E-state index is 11.0. The zero-order valence-electron chi connectivity index (χ0n) is 6.95. The van der Waals surface area contributed by atoms with Gasteiger partial charge in [0, 0.05) is 19.7 Å². The lowest BCUT2D eigenvalue weighted by molar-refractivity contribution is -0.129. The first kappa shape index (κ1) is 7.28. The Morgan fingerprint density at radius 1 is 1.58 bits per heavy atom. The number of pyridine rings is 1. The average molecular weight is 162 g/mol. The van der Waals surface area contributed by atoms with E-state index in [1.165, 1.54) is 5.56 Å². The number of hydrogen-bond acceptors (Lipinski definition) is 2.